The van der Waals surface area contributed by atoms with E-state index in [1.807, 2.05) is 0 Å². The first kappa shape index (κ1) is 21.7. The van der Waals surface area contributed by atoms with Gasteiger partial charge in [0.05, 0.1) is 36.5 Å². The van der Waals surface area contributed by atoms with Crippen LogP contribution in [0.2, 0.25) is 10.0 Å². The van der Waals surface area contributed by atoms with Gasteiger partial charge in [-0.3, -0.25) is 29.8 Å². The monoisotopic (exact) mass is 488 g/mol. The molecule has 0 aliphatic rings. The third-order valence-corrected chi connectivity index (χ3v) is 6.02. The summed E-state index contributed by atoms with van der Waals surface area (Å²) in [5.41, 5.74) is 0.408. The van der Waals surface area contributed by atoms with Crippen LogP contribution in [0.1, 0.15) is 0 Å². The molecule has 10 nitrogen and oxygen atoms in total. The molecule has 4 rings (SSSR count). The van der Waals surface area contributed by atoms with E-state index in [9.17, 15) is 20.2 Å². The van der Waals surface area contributed by atoms with Crippen LogP contribution in [-0.4, -0.2) is 29.6 Å². The lowest BCUT2D eigenvalue weighted by atomic mass is 10.2. The summed E-state index contributed by atoms with van der Waals surface area (Å²) in [7, 11) is 0. The first-order valence-electron chi connectivity index (χ1n) is 8.77. The molecular formula is C19H10Cl2N6O4S. The molecule has 13 heteroatoms. The van der Waals surface area contributed by atoms with Crippen molar-refractivity contribution in [3.63, 3.8) is 0 Å². The molecule has 2 aromatic heterocycles. The van der Waals surface area contributed by atoms with Crippen LogP contribution in [0.15, 0.2) is 71.0 Å². The number of nitrogens with zero attached hydrogens (tertiary/aromatic N) is 6. The fourth-order valence-electron chi connectivity index (χ4n) is 2.82. The summed E-state index contributed by atoms with van der Waals surface area (Å²) in [5, 5.41) is 31.9. The Bertz CT molecular complexity index is 1350. The number of hydrogen-bond acceptors (Lipinski definition) is 8. The van der Waals surface area contributed by atoms with E-state index >= 15 is 0 Å². The second kappa shape index (κ2) is 8.91. The molecule has 32 heavy (non-hydrogen) atoms. The van der Waals surface area contributed by atoms with Gasteiger partial charge >= 0.3 is 0 Å². The highest BCUT2D eigenvalue weighted by Crippen LogP contribution is 2.39. The van der Waals surface area contributed by atoms with Crippen LogP contribution in [0.5, 0.6) is 0 Å². The van der Waals surface area contributed by atoms with Gasteiger partial charge in [0.1, 0.15) is 0 Å². The van der Waals surface area contributed by atoms with E-state index in [0.29, 0.717) is 27.1 Å². The Labute approximate surface area is 194 Å². The zero-order valence-corrected chi connectivity index (χ0v) is 18.1. The summed E-state index contributed by atoms with van der Waals surface area (Å²) >= 11 is 13.2. The van der Waals surface area contributed by atoms with Crippen molar-refractivity contribution in [2.75, 3.05) is 0 Å². The highest BCUT2D eigenvalue weighted by atomic mass is 35.5. The Morgan fingerprint density at radius 2 is 1.75 bits per heavy atom. The Balaban J connectivity index is 1.87. The molecule has 0 saturated heterocycles. The maximum atomic E-state index is 11.5. The van der Waals surface area contributed by atoms with E-state index in [-0.39, 0.29) is 15.7 Å². The molecule has 0 N–H and O–H groups in total. The Morgan fingerprint density at radius 3 is 2.41 bits per heavy atom. The van der Waals surface area contributed by atoms with Crippen LogP contribution in [0.4, 0.5) is 11.4 Å². The van der Waals surface area contributed by atoms with Crippen LogP contribution >= 0.6 is 35.0 Å². The molecule has 0 fully saturated rings. The number of halogens is 2. The number of benzene rings is 2. The van der Waals surface area contributed by atoms with E-state index in [0.717, 1.165) is 17.8 Å². The summed E-state index contributed by atoms with van der Waals surface area (Å²) in [6.45, 7) is 0. The Morgan fingerprint density at radius 1 is 0.938 bits per heavy atom. The molecule has 0 bridgehead atoms. The lowest BCUT2D eigenvalue weighted by Crippen LogP contribution is -2.01. The topological polar surface area (TPSA) is 130 Å². The minimum absolute atomic E-state index is 0.159. The van der Waals surface area contributed by atoms with Crippen LogP contribution < -0.4 is 0 Å². The maximum Gasteiger partial charge on any atom is 0.290 e. The quantitative estimate of drug-likeness (QED) is 0.253. The van der Waals surface area contributed by atoms with Gasteiger partial charge in [-0.2, -0.15) is 0 Å². The fraction of sp³-hybridized carbons (Fsp3) is 0. The van der Waals surface area contributed by atoms with Gasteiger partial charge in [-0.05, 0) is 48.2 Å². The third-order valence-electron chi connectivity index (χ3n) is 4.27. The number of non-ortho nitro benzene ring substituents is 1. The van der Waals surface area contributed by atoms with Gasteiger partial charge < -0.3 is 0 Å². The predicted molar refractivity (Wildman–Crippen MR) is 118 cm³/mol. The van der Waals surface area contributed by atoms with E-state index in [1.165, 1.54) is 12.1 Å². The normalized spacial score (nSPS) is 10.8. The van der Waals surface area contributed by atoms with Crippen LogP contribution in [-0.2, 0) is 0 Å². The lowest BCUT2D eigenvalue weighted by molar-refractivity contribution is -0.396. The van der Waals surface area contributed by atoms with Crippen molar-refractivity contribution < 1.29 is 9.85 Å². The molecule has 0 aliphatic heterocycles. The third kappa shape index (κ3) is 4.26. The highest BCUT2D eigenvalue weighted by molar-refractivity contribution is 7.99. The molecule has 0 aliphatic carbocycles. The first-order chi connectivity index (χ1) is 15.3. The highest BCUT2D eigenvalue weighted by Gasteiger charge is 2.24. The van der Waals surface area contributed by atoms with Crippen molar-refractivity contribution in [2.45, 2.75) is 10.1 Å². The van der Waals surface area contributed by atoms with Crippen LogP contribution in [0.3, 0.4) is 0 Å². The molecule has 4 aromatic rings. The molecule has 2 heterocycles. The maximum absolute atomic E-state index is 11.5. The van der Waals surface area contributed by atoms with Crippen LogP contribution in [0.25, 0.3) is 17.1 Å². The predicted octanol–water partition coefficient (Wildman–Crippen LogP) is 5.60. The van der Waals surface area contributed by atoms with Gasteiger partial charge in [0, 0.05) is 24.0 Å². The first-order valence-corrected chi connectivity index (χ1v) is 10.3. The molecule has 0 amide bonds. The zero-order valence-electron chi connectivity index (χ0n) is 15.8. The molecule has 0 atom stereocenters. The zero-order chi connectivity index (χ0) is 22.8. The van der Waals surface area contributed by atoms with Gasteiger partial charge in [0.25, 0.3) is 11.4 Å². The second-order valence-electron chi connectivity index (χ2n) is 6.25. The molecule has 0 saturated carbocycles. The minimum Gasteiger partial charge on any atom is -0.270 e. The number of hydrogen-bond donors (Lipinski definition) is 0. The van der Waals surface area contributed by atoms with Gasteiger partial charge in [-0.25, -0.2) is 0 Å². The summed E-state index contributed by atoms with van der Waals surface area (Å²) in [5.74, 6) is 0.420. The number of nitro benzene ring substituents is 2. The molecule has 160 valence electrons. The smallest absolute Gasteiger partial charge is 0.270 e. The summed E-state index contributed by atoms with van der Waals surface area (Å²) in [6, 6.07) is 11.8. The van der Waals surface area contributed by atoms with Gasteiger partial charge in [-0.1, -0.05) is 23.2 Å². The van der Waals surface area contributed by atoms with Crippen molar-refractivity contribution in [3.05, 3.63) is 91.2 Å². The van der Waals surface area contributed by atoms with Gasteiger partial charge in [-0.15, -0.1) is 10.2 Å². The molecule has 2 aromatic carbocycles. The van der Waals surface area contributed by atoms with Crippen molar-refractivity contribution >= 4 is 46.3 Å². The number of rotatable bonds is 6. The molecule has 0 spiro atoms. The second-order valence-corrected chi connectivity index (χ2v) is 8.07. The summed E-state index contributed by atoms with van der Waals surface area (Å²) in [4.78, 5) is 25.4. The van der Waals surface area contributed by atoms with Gasteiger partial charge in [0.15, 0.2) is 5.82 Å². The van der Waals surface area contributed by atoms with Crippen molar-refractivity contribution in [2.24, 2.45) is 0 Å². The van der Waals surface area contributed by atoms with Crippen LogP contribution in [0, 0.1) is 20.2 Å². The number of aromatic nitrogens is 4. The van der Waals surface area contributed by atoms with Gasteiger partial charge in [0.2, 0.25) is 5.16 Å². The average Bonchev–Trinajstić information content (AvgIpc) is 3.19. The van der Waals surface area contributed by atoms with Crippen molar-refractivity contribution in [1.29, 1.82) is 0 Å². The standard InChI is InChI=1S/C19H10Cl2N6O4S/c20-14-5-3-12(8-15(14)21)25-18(11-2-1-7-22-10-11)23-24-19(25)32-17-6-4-13(26(28)29)9-16(17)27(30)31/h1-10H. The summed E-state index contributed by atoms with van der Waals surface area (Å²) in [6.07, 6.45) is 3.21. The number of pyridine rings is 1. The van der Waals surface area contributed by atoms with E-state index in [4.69, 9.17) is 23.2 Å². The Kier molecular flexibility index (Phi) is 6.04. The summed E-state index contributed by atoms with van der Waals surface area (Å²) < 4.78 is 1.65. The van der Waals surface area contributed by atoms with E-state index in [2.05, 4.69) is 15.2 Å². The van der Waals surface area contributed by atoms with Crippen molar-refractivity contribution in [1.82, 2.24) is 19.7 Å². The van der Waals surface area contributed by atoms with Crippen molar-refractivity contribution in [3.8, 4) is 17.1 Å². The van der Waals surface area contributed by atoms with E-state index < -0.39 is 15.5 Å². The lowest BCUT2D eigenvalue weighted by Gasteiger charge is -2.11. The largest absolute Gasteiger partial charge is 0.290 e. The average molecular weight is 489 g/mol. The van der Waals surface area contributed by atoms with E-state index in [1.54, 1.807) is 47.3 Å². The SMILES string of the molecule is O=[N+]([O-])c1ccc(Sc2nnc(-c3cccnc3)n2-c2ccc(Cl)c(Cl)c2)c([N+](=O)[O-])c1. The fourth-order valence-corrected chi connectivity index (χ4v) is 4.05. The molecular weight excluding hydrogens is 479 g/mol. The Hall–Kier alpha value is -3.54. The molecule has 0 unspecified atom stereocenters. The minimum atomic E-state index is -0.694. The number of nitro groups is 2. The molecule has 0 radical (unpaired) electrons.